The average molecular weight is 277 g/mol. The monoisotopic (exact) mass is 277 g/mol. The van der Waals surface area contributed by atoms with Crippen LogP contribution in [0.15, 0.2) is 22.7 Å². The number of aryl methyl sites for hydroxylation is 1. The van der Waals surface area contributed by atoms with Gasteiger partial charge in [-0.05, 0) is 19.1 Å². The standard InChI is InChI=1S/C15H16FNO3/c1-8-5-6-10(16)9(7-8)12-11(14(18)19)13(20-17-12)15(2,3)4/h5-7H,1-4H3,(H,18,19). The van der Waals surface area contributed by atoms with Crippen molar-refractivity contribution in [2.45, 2.75) is 33.1 Å². The number of halogens is 1. The van der Waals surface area contributed by atoms with Crippen molar-refractivity contribution in [2.24, 2.45) is 0 Å². The Kier molecular flexibility index (Phi) is 3.38. The van der Waals surface area contributed by atoms with Crippen molar-refractivity contribution < 1.29 is 18.8 Å². The quantitative estimate of drug-likeness (QED) is 0.907. The molecule has 0 unspecified atom stereocenters. The fraction of sp³-hybridized carbons (Fsp3) is 0.333. The highest BCUT2D eigenvalue weighted by Gasteiger charge is 2.32. The van der Waals surface area contributed by atoms with Crippen LogP contribution in [0.25, 0.3) is 11.3 Å². The van der Waals surface area contributed by atoms with E-state index >= 15 is 0 Å². The Balaban J connectivity index is 2.73. The number of aromatic carboxylic acids is 1. The van der Waals surface area contributed by atoms with Crippen molar-refractivity contribution in [2.75, 3.05) is 0 Å². The summed E-state index contributed by atoms with van der Waals surface area (Å²) in [5.41, 5.74) is 0.379. The highest BCUT2D eigenvalue weighted by Crippen LogP contribution is 2.34. The van der Waals surface area contributed by atoms with Crippen LogP contribution in [0.3, 0.4) is 0 Å². The zero-order valence-corrected chi connectivity index (χ0v) is 11.8. The van der Waals surface area contributed by atoms with E-state index < -0.39 is 17.2 Å². The molecule has 0 radical (unpaired) electrons. The van der Waals surface area contributed by atoms with Gasteiger partial charge in [0, 0.05) is 11.0 Å². The molecule has 1 aromatic heterocycles. The lowest BCUT2D eigenvalue weighted by atomic mass is 9.88. The number of rotatable bonds is 2. The summed E-state index contributed by atoms with van der Waals surface area (Å²) in [4.78, 5) is 11.5. The van der Waals surface area contributed by atoms with Gasteiger partial charge in [-0.1, -0.05) is 37.6 Å². The molecule has 20 heavy (non-hydrogen) atoms. The number of carboxylic acids is 1. The topological polar surface area (TPSA) is 63.3 Å². The van der Waals surface area contributed by atoms with Gasteiger partial charge in [0.25, 0.3) is 0 Å². The minimum absolute atomic E-state index is 0.0311. The molecular formula is C15H16FNO3. The molecule has 0 saturated heterocycles. The summed E-state index contributed by atoms with van der Waals surface area (Å²) in [5, 5.41) is 13.2. The maximum Gasteiger partial charge on any atom is 0.341 e. The van der Waals surface area contributed by atoms with Gasteiger partial charge in [-0.2, -0.15) is 0 Å². The van der Waals surface area contributed by atoms with E-state index in [4.69, 9.17) is 4.52 Å². The fourth-order valence-corrected chi connectivity index (χ4v) is 2.00. The predicted octanol–water partition coefficient (Wildman–Crippen LogP) is 3.78. The normalized spacial score (nSPS) is 11.7. The first-order chi connectivity index (χ1) is 9.21. The van der Waals surface area contributed by atoms with Gasteiger partial charge in [0.2, 0.25) is 0 Å². The van der Waals surface area contributed by atoms with Crippen molar-refractivity contribution in [1.82, 2.24) is 5.16 Å². The summed E-state index contributed by atoms with van der Waals surface area (Å²) in [7, 11) is 0. The Labute approximate surface area is 116 Å². The van der Waals surface area contributed by atoms with Gasteiger partial charge in [-0.3, -0.25) is 0 Å². The Morgan fingerprint density at radius 1 is 1.35 bits per heavy atom. The molecule has 0 amide bonds. The number of carboxylic acid groups (broad SMARTS) is 1. The van der Waals surface area contributed by atoms with Crippen LogP contribution >= 0.6 is 0 Å². The summed E-state index contributed by atoms with van der Waals surface area (Å²) in [6.45, 7) is 7.25. The van der Waals surface area contributed by atoms with Crippen molar-refractivity contribution in [3.8, 4) is 11.3 Å². The molecule has 0 aliphatic heterocycles. The van der Waals surface area contributed by atoms with Gasteiger partial charge in [0.05, 0.1) is 0 Å². The number of hydrogen-bond donors (Lipinski definition) is 1. The summed E-state index contributed by atoms with van der Waals surface area (Å²) in [5.74, 6) is -1.46. The number of carbonyl (C=O) groups is 1. The zero-order chi connectivity index (χ0) is 15.1. The predicted molar refractivity (Wildman–Crippen MR) is 72.3 cm³/mol. The van der Waals surface area contributed by atoms with Crippen LogP contribution in [0.4, 0.5) is 4.39 Å². The maximum atomic E-state index is 13.9. The van der Waals surface area contributed by atoms with Crippen LogP contribution in [0.2, 0.25) is 0 Å². The molecule has 106 valence electrons. The van der Waals surface area contributed by atoms with E-state index in [1.165, 1.54) is 6.07 Å². The summed E-state index contributed by atoms with van der Waals surface area (Å²) in [6, 6.07) is 4.47. The first kappa shape index (κ1) is 14.2. The van der Waals surface area contributed by atoms with Gasteiger partial charge in [-0.25, -0.2) is 9.18 Å². The van der Waals surface area contributed by atoms with E-state index in [0.29, 0.717) is 0 Å². The molecule has 0 aliphatic rings. The van der Waals surface area contributed by atoms with Crippen LogP contribution < -0.4 is 0 Å². The average Bonchev–Trinajstić information content (AvgIpc) is 2.76. The van der Waals surface area contributed by atoms with Crippen molar-refractivity contribution in [3.05, 3.63) is 40.9 Å². The maximum absolute atomic E-state index is 13.9. The molecule has 0 bridgehead atoms. The molecule has 1 aromatic carbocycles. The SMILES string of the molecule is Cc1ccc(F)c(-c2noc(C(C)(C)C)c2C(=O)O)c1. The molecule has 2 aromatic rings. The summed E-state index contributed by atoms with van der Waals surface area (Å²) in [6.07, 6.45) is 0. The highest BCUT2D eigenvalue weighted by atomic mass is 19.1. The van der Waals surface area contributed by atoms with E-state index in [2.05, 4.69) is 5.16 Å². The minimum Gasteiger partial charge on any atom is -0.477 e. The molecule has 0 atom stereocenters. The zero-order valence-electron chi connectivity index (χ0n) is 11.8. The molecular weight excluding hydrogens is 261 g/mol. The van der Waals surface area contributed by atoms with Crippen LogP contribution in [0.5, 0.6) is 0 Å². The third-order valence-corrected chi connectivity index (χ3v) is 2.96. The lowest BCUT2D eigenvalue weighted by Crippen LogP contribution is -2.15. The molecule has 0 fully saturated rings. The van der Waals surface area contributed by atoms with Gasteiger partial charge in [0.1, 0.15) is 17.1 Å². The number of aromatic nitrogens is 1. The molecule has 0 aliphatic carbocycles. The Bertz CT molecular complexity index is 668. The van der Waals surface area contributed by atoms with Gasteiger partial charge >= 0.3 is 5.97 Å². The van der Waals surface area contributed by atoms with Crippen LogP contribution in [0, 0.1) is 12.7 Å². The molecule has 1 heterocycles. The van der Waals surface area contributed by atoms with Crippen molar-refractivity contribution >= 4 is 5.97 Å². The van der Waals surface area contributed by atoms with E-state index in [9.17, 15) is 14.3 Å². The number of hydrogen-bond acceptors (Lipinski definition) is 3. The Morgan fingerprint density at radius 3 is 2.55 bits per heavy atom. The van der Waals surface area contributed by atoms with Gasteiger partial charge < -0.3 is 9.63 Å². The summed E-state index contributed by atoms with van der Waals surface area (Å²) >= 11 is 0. The number of benzene rings is 1. The van der Waals surface area contributed by atoms with Crippen LogP contribution in [-0.4, -0.2) is 16.2 Å². The first-order valence-corrected chi connectivity index (χ1v) is 6.22. The summed E-state index contributed by atoms with van der Waals surface area (Å²) < 4.78 is 19.1. The molecule has 4 nitrogen and oxygen atoms in total. The minimum atomic E-state index is -1.17. The van der Waals surface area contributed by atoms with Gasteiger partial charge in [0.15, 0.2) is 5.76 Å². The van der Waals surface area contributed by atoms with Crippen molar-refractivity contribution in [1.29, 1.82) is 0 Å². The van der Waals surface area contributed by atoms with Crippen LogP contribution in [0.1, 0.15) is 42.5 Å². The fourth-order valence-electron chi connectivity index (χ4n) is 2.00. The van der Waals surface area contributed by atoms with Crippen molar-refractivity contribution in [3.63, 3.8) is 0 Å². The lowest BCUT2D eigenvalue weighted by molar-refractivity contribution is 0.0693. The third kappa shape index (κ3) is 2.43. The van der Waals surface area contributed by atoms with Crippen LogP contribution in [-0.2, 0) is 5.41 Å². The lowest BCUT2D eigenvalue weighted by Gasteiger charge is -2.14. The molecule has 0 saturated carbocycles. The second-order valence-corrected chi connectivity index (χ2v) is 5.77. The molecule has 1 N–H and O–H groups in total. The second kappa shape index (κ2) is 4.74. The highest BCUT2D eigenvalue weighted by molar-refractivity contribution is 5.96. The second-order valence-electron chi connectivity index (χ2n) is 5.77. The third-order valence-electron chi connectivity index (χ3n) is 2.96. The Hall–Kier alpha value is -2.17. The van der Waals surface area contributed by atoms with E-state index in [0.717, 1.165) is 5.56 Å². The van der Waals surface area contributed by atoms with E-state index in [1.54, 1.807) is 19.1 Å². The molecule has 5 heteroatoms. The number of nitrogens with zero attached hydrogens (tertiary/aromatic N) is 1. The van der Waals surface area contributed by atoms with Gasteiger partial charge in [-0.15, -0.1) is 0 Å². The molecule has 2 rings (SSSR count). The smallest absolute Gasteiger partial charge is 0.341 e. The van der Waals surface area contributed by atoms with E-state index in [-0.39, 0.29) is 22.6 Å². The molecule has 0 spiro atoms. The van der Waals surface area contributed by atoms with E-state index in [1.807, 2.05) is 20.8 Å². The largest absolute Gasteiger partial charge is 0.477 e. The first-order valence-electron chi connectivity index (χ1n) is 6.22. The Morgan fingerprint density at radius 2 is 2.00 bits per heavy atom.